The molecular formula is C28H25N3O5S. The van der Waals surface area contributed by atoms with Crippen molar-refractivity contribution in [3.05, 3.63) is 83.7 Å². The molecule has 0 aliphatic carbocycles. The van der Waals surface area contributed by atoms with Gasteiger partial charge in [-0.3, -0.25) is 19.5 Å². The van der Waals surface area contributed by atoms with E-state index in [-0.39, 0.29) is 17.4 Å². The number of hydrogen-bond donors (Lipinski definition) is 1. The Morgan fingerprint density at radius 3 is 2.51 bits per heavy atom. The highest BCUT2D eigenvalue weighted by Crippen LogP contribution is 2.44. The summed E-state index contributed by atoms with van der Waals surface area (Å²) in [6.45, 7) is 6.26. The van der Waals surface area contributed by atoms with Gasteiger partial charge in [-0.05, 0) is 75.4 Å². The molecule has 188 valence electrons. The van der Waals surface area contributed by atoms with Crippen LogP contribution in [0.1, 0.15) is 38.1 Å². The van der Waals surface area contributed by atoms with Crippen LogP contribution in [0.5, 0.6) is 11.5 Å². The zero-order chi connectivity index (χ0) is 26.1. The highest BCUT2D eigenvalue weighted by molar-refractivity contribution is 7.22. The monoisotopic (exact) mass is 515 g/mol. The minimum absolute atomic E-state index is 0.00708. The molecule has 2 aromatic carbocycles. The molecular weight excluding hydrogens is 490 g/mol. The van der Waals surface area contributed by atoms with E-state index in [0.717, 1.165) is 4.70 Å². The van der Waals surface area contributed by atoms with Gasteiger partial charge in [0.25, 0.3) is 5.78 Å². The van der Waals surface area contributed by atoms with E-state index >= 15 is 0 Å². The van der Waals surface area contributed by atoms with Gasteiger partial charge < -0.3 is 14.6 Å². The molecule has 1 N–H and O–H groups in total. The number of carbonyl (C=O) groups excluding carboxylic acids is 2. The third kappa shape index (κ3) is 4.65. The van der Waals surface area contributed by atoms with Crippen LogP contribution in [0.25, 0.3) is 16.0 Å². The fraction of sp³-hybridized carbons (Fsp3) is 0.214. The van der Waals surface area contributed by atoms with Crippen molar-refractivity contribution in [1.29, 1.82) is 0 Å². The van der Waals surface area contributed by atoms with Gasteiger partial charge in [0.05, 0.1) is 34.2 Å². The number of anilines is 1. The molecule has 1 amide bonds. The number of Topliss-reactive ketones (excluding diaryl/α,β-unsaturated/α-hetero) is 1. The third-order valence-corrected chi connectivity index (χ3v) is 6.80. The van der Waals surface area contributed by atoms with Crippen molar-refractivity contribution < 1.29 is 24.2 Å². The Balaban J connectivity index is 1.62. The summed E-state index contributed by atoms with van der Waals surface area (Å²) in [5, 5.41) is 11.6. The van der Waals surface area contributed by atoms with Gasteiger partial charge >= 0.3 is 5.91 Å². The van der Waals surface area contributed by atoms with Crippen molar-refractivity contribution >= 4 is 44.1 Å². The molecule has 0 saturated carbocycles. The quantitative estimate of drug-likeness (QED) is 0.197. The van der Waals surface area contributed by atoms with Crippen LogP contribution < -0.4 is 14.4 Å². The Morgan fingerprint density at radius 2 is 1.84 bits per heavy atom. The number of carbonyl (C=O) groups is 2. The van der Waals surface area contributed by atoms with Crippen molar-refractivity contribution in [2.24, 2.45) is 0 Å². The van der Waals surface area contributed by atoms with Gasteiger partial charge in [0.15, 0.2) is 5.13 Å². The summed E-state index contributed by atoms with van der Waals surface area (Å²) in [6.07, 6.45) is 1.58. The van der Waals surface area contributed by atoms with E-state index < -0.39 is 17.7 Å². The number of ketones is 1. The number of benzene rings is 2. The molecule has 0 spiro atoms. The number of aliphatic hydroxyl groups excluding tert-OH is 1. The lowest BCUT2D eigenvalue weighted by Gasteiger charge is -2.22. The summed E-state index contributed by atoms with van der Waals surface area (Å²) in [6, 6.07) is 16.5. The highest BCUT2D eigenvalue weighted by atomic mass is 32.1. The first kappa shape index (κ1) is 24.5. The van der Waals surface area contributed by atoms with Crippen LogP contribution in [0.2, 0.25) is 0 Å². The molecule has 1 unspecified atom stereocenters. The van der Waals surface area contributed by atoms with Crippen molar-refractivity contribution in [2.45, 2.75) is 32.9 Å². The molecule has 1 fully saturated rings. The van der Waals surface area contributed by atoms with Crippen molar-refractivity contribution in [3.8, 4) is 11.5 Å². The van der Waals surface area contributed by atoms with Crippen molar-refractivity contribution in [1.82, 2.24) is 9.97 Å². The number of pyridine rings is 1. The smallest absolute Gasteiger partial charge is 0.301 e. The lowest BCUT2D eigenvalue weighted by atomic mass is 9.98. The van der Waals surface area contributed by atoms with Gasteiger partial charge in [-0.15, -0.1) is 0 Å². The van der Waals surface area contributed by atoms with Crippen LogP contribution in [0.15, 0.2) is 72.4 Å². The SMILES string of the molecule is CCOc1ccc2nc(N3C(=O)C(=O)/C(=C(/O)c4ccc(OC(C)C)cc4)C3c3ccccn3)sc2c1. The van der Waals surface area contributed by atoms with Gasteiger partial charge in [-0.2, -0.15) is 0 Å². The molecule has 1 aliphatic rings. The molecule has 0 radical (unpaired) electrons. The van der Waals surface area contributed by atoms with E-state index in [0.29, 0.717) is 40.0 Å². The summed E-state index contributed by atoms with van der Waals surface area (Å²) in [7, 11) is 0. The Kier molecular flexibility index (Phi) is 6.62. The zero-order valence-electron chi connectivity index (χ0n) is 20.5. The van der Waals surface area contributed by atoms with Crippen molar-refractivity contribution in [3.63, 3.8) is 0 Å². The van der Waals surface area contributed by atoms with Gasteiger partial charge in [-0.1, -0.05) is 17.4 Å². The molecule has 3 heterocycles. The summed E-state index contributed by atoms with van der Waals surface area (Å²) >= 11 is 1.27. The maximum atomic E-state index is 13.4. The number of aliphatic hydroxyl groups is 1. The number of aromatic nitrogens is 2. The average Bonchev–Trinajstić information content (AvgIpc) is 3.42. The minimum Gasteiger partial charge on any atom is -0.507 e. The topological polar surface area (TPSA) is 102 Å². The Morgan fingerprint density at radius 1 is 1.08 bits per heavy atom. The molecule has 1 atom stereocenters. The second-order valence-corrected chi connectivity index (χ2v) is 9.68. The molecule has 8 nitrogen and oxygen atoms in total. The van der Waals surface area contributed by atoms with Crippen LogP contribution in [0, 0.1) is 0 Å². The Labute approximate surface area is 217 Å². The zero-order valence-corrected chi connectivity index (χ0v) is 21.4. The Bertz CT molecular complexity index is 1500. The minimum atomic E-state index is -0.945. The molecule has 1 aliphatic heterocycles. The molecule has 37 heavy (non-hydrogen) atoms. The average molecular weight is 516 g/mol. The summed E-state index contributed by atoms with van der Waals surface area (Å²) in [5.41, 5.74) is 1.46. The van der Waals surface area contributed by atoms with Gasteiger partial charge in [0, 0.05) is 11.8 Å². The van der Waals surface area contributed by atoms with E-state index in [1.165, 1.54) is 16.2 Å². The molecule has 4 aromatic rings. The first-order chi connectivity index (χ1) is 17.9. The van der Waals surface area contributed by atoms with E-state index in [9.17, 15) is 14.7 Å². The van der Waals surface area contributed by atoms with Crippen LogP contribution in [0.3, 0.4) is 0 Å². The standard InChI is InChI=1S/C28H25N3O5S/c1-4-35-19-12-13-20-22(15-19)37-28(30-20)31-24(21-7-5-6-14-29-21)23(26(33)27(31)34)25(32)17-8-10-18(11-9-17)36-16(2)3/h5-16,24,32H,4H2,1-3H3/b25-23+. The van der Waals surface area contributed by atoms with Crippen LogP contribution in [-0.4, -0.2) is 39.5 Å². The summed E-state index contributed by atoms with van der Waals surface area (Å²) < 4.78 is 12.1. The molecule has 1 saturated heterocycles. The first-order valence-electron chi connectivity index (χ1n) is 11.9. The number of rotatable bonds is 7. The number of thiazole rings is 1. The number of fused-ring (bicyclic) bond motifs is 1. The lowest BCUT2D eigenvalue weighted by molar-refractivity contribution is -0.132. The fourth-order valence-corrected chi connectivity index (χ4v) is 5.24. The van der Waals surface area contributed by atoms with E-state index in [1.807, 2.05) is 39.0 Å². The summed E-state index contributed by atoms with van der Waals surface area (Å²) in [5.74, 6) is -0.536. The van der Waals surface area contributed by atoms with Crippen LogP contribution in [-0.2, 0) is 9.59 Å². The van der Waals surface area contributed by atoms with Gasteiger partial charge in [0.2, 0.25) is 0 Å². The van der Waals surface area contributed by atoms with Gasteiger partial charge in [0.1, 0.15) is 23.3 Å². The fourth-order valence-electron chi connectivity index (χ4n) is 4.22. The molecule has 2 aromatic heterocycles. The highest BCUT2D eigenvalue weighted by Gasteiger charge is 2.48. The molecule has 0 bridgehead atoms. The van der Waals surface area contributed by atoms with Crippen LogP contribution in [0.4, 0.5) is 5.13 Å². The normalized spacial score (nSPS) is 17.1. The lowest BCUT2D eigenvalue weighted by Crippen LogP contribution is -2.29. The number of nitrogens with zero attached hydrogens (tertiary/aromatic N) is 3. The second-order valence-electron chi connectivity index (χ2n) is 8.67. The molecule has 9 heteroatoms. The van der Waals surface area contributed by atoms with E-state index in [2.05, 4.69) is 9.97 Å². The van der Waals surface area contributed by atoms with E-state index in [1.54, 1.807) is 48.7 Å². The van der Waals surface area contributed by atoms with Crippen LogP contribution >= 0.6 is 11.3 Å². The Hall–Kier alpha value is -4.24. The first-order valence-corrected chi connectivity index (χ1v) is 12.7. The maximum Gasteiger partial charge on any atom is 0.301 e. The van der Waals surface area contributed by atoms with E-state index in [4.69, 9.17) is 9.47 Å². The maximum absolute atomic E-state index is 13.4. The predicted octanol–water partition coefficient (Wildman–Crippen LogP) is 5.50. The summed E-state index contributed by atoms with van der Waals surface area (Å²) in [4.78, 5) is 37.1. The van der Waals surface area contributed by atoms with Gasteiger partial charge in [-0.25, -0.2) is 4.98 Å². The number of ether oxygens (including phenoxy) is 2. The predicted molar refractivity (Wildman–Crippen MR) is 142 cm³/mol. The third-order valence-electron chi connectivity index (χ3n) is 5.78. The second kappa shape index (κ2) is 10.0. The molecule has 5 rings (SSSR count). The number of hydrogen-bond acceptors (Lipinski definition) is 8. The largest absolute Gasteiger partial charge is 0.507 e. The van der Waals surface area contributed by atoms with Crippen molar-refractivity contribution in [2.75, 3.05) is 11.5 Å². The number of amides is 1.